The van der Waals surface area contributed by atoms with Gasteiger partial charge < -0.3 is 5.11 Å². The summed E-state index contributed by atoms with van der Waals surface area (Å²) in [4.78, 5) is 11.0. The second-order valence-electron chi connectivity index (χ2n) is 2.71. The normalized spacial score (nSPS) is 10.2. The molecular weight excluding hydrogens is 156 g/mol. The van der Waals surface area contributed by atoms with Crippen LogP contribution in [0.3, 0.4) is 0 Å². The van der Waals surface area contributed by atoms with Crippen LogP contribution in [-0.4, -0.2) is 27.7 Å². The number of Topliss-reactive ketones (excluding diaryl/α,β-unsaturated/α-hetero) is 1. The minimum absolute atomic E-state index is 0.0423. The van der Waals surface area contributed by atoms with Crippen molar-refractivity contribution in [1.82, 2.24) is 10.2 Å². The molecule has 0 amide bonds. The van der Waals surface area contributed by atoms with Crippen LogP contribution in [0.2, 0.25) is 0 Å². The maximum absolute atomic E-state index is 11.0. The minimum atomic E-state index is -0.0669. The Morgan fingerprint density at radius 3 is 2.83 bits per heavy atom. The molecule has 0 unspecified atom stereocenters. The molecular formula is C8H12N2O2. The van der Waals surface area contributed by atoms with Crippen molar-refractivity contribution >= 4 is 5.78 Å². The molecule has 66 valence electrons. The van der Waals surface area contributed by atoms with E-state index in [0.29, 0.717) is 12.1 Å². The highest BCUT2D eigenvalue weighted by Gasteiger charge is 2.12. The molecule has 2 N–H and O–H groups in total. The van der Waals surface area contributed by atoms with Crippen LogP contribution in [0.5, 0.6) is 0 Å². The Morgan fingerprint density at radius 1 is 1.67 bits per heavy atom. The lowest BCUT2D eigenvalue weighted by Crippen LogP contribution is -2.01. The molecule has 1 aromatic rings. The fraction of sp³-hybridized carbons (Fsp3) is 0.500. The van der Waals surface area contributed by atoms with Gasteiger partial charge in [0.05, 0.1) is 0 Å². The van der Waals surface area contributed by atoms with Crippen LogP contribution in [0.15, 0.2) is 0 Å². The molecule has 0 spiro atoms. The summed E-state index contributed by atoms with van der Waals surface area (Å²) in [6.45, 7) is 3.35. The summed E-state index contributed by atoms with van der Waals surface area (Å²) < 4.78 is 0. The lowest BCUT2D eigenvalue weighted by molar-refractivity contribution is 0.101. The van der Waals surface area contributed by atoms with Gasteiger partial charge in [0.25, 0.3) is 0 Å². The van der Waals surface area contributed by atoms with E-state index in [1.807, 2.05) is 6.92 Å². The second kappa shape index (κ2) is 3.49. The van der Waals surface area contributed by atoms with Gasteiger partial charge in [-0.25, -0.2) is 0 Å². The van der Waals surface area contributed by atoms with Gasteiger partial charge in [0, 0.05) is 24.8 Å². The van der Waals surface area contributed by atoms with Gasteiger partial charge in [0.1, 0.15) is 5.69 Å². The van der Waals surface area contributed by atoms with Crippen molar-refractivity contribution in [2.75, 3.05) is 6.61 Å². The fourth-order valence-electron chi connectivity index (χ4n) is 1.16. The number of H-pyrrole nitrogens is 1. The molecule has 4 nitrogen and oxygen atoms in total. The summed E-state index contributed by atoms with van der Waals surface area (Å²) in [6.07, 6.45) is 0.483. The van der Waals surface area contributed by atoms with E-state index in [9.17, 15) is 4.79 Å². The van der Waals surface area contributed by atoms with E-state index in [-0.39, 0.29) is 12.4 Å². The van der Waals surface area contributed by atoms with E-state index in [4.69, 9.17) is 5.11 Å². The Balaban J connectivity index is 3.03. The van der Waals surface area contributed by atoms with Gasteiger partial charge in [-0.05, 0) is 13.3 Å². The zero-order chi connectivity index (χ0) is 9.14. The molecule has 0 aliphatic carbocycles. The first-order valence-corrected chi connectivity index (χ1v) is 3.82. The van der Waals surface area contributed by atoms with Crippen molar-refractivity contribution in [1.29, 1.82) is 0 Å². The number of ketones is 1. The molecule has 4 heteroatoms. The molecule has 0 bridgehead atoms. The fourth-order valence-corrected chi connectivity index (χ4v) is 1.16. The van der Waals surface area contributed by atoms with Crippen LogP contribution in [0.25, 0.3) is 0 Å². The minimum Gasteiger partial charge on any atom is -0.396 e. The Kier molecular flexibility index (Phi) is 2.60. The van der Waals surface area contributed by atoms with Gasteiger partial charge in [-0.2, -0.15) is 5.10 Å². The maximum Gasteiger partial charge on any atom is 0.180 e. The van der Waals surface area contributed by atoms with Crippen molar-refractivity contribution in [3.8, 4) is 0 Å². The number of carbonyl (C=O) groups excluding carboxylic acids is 1. The summed E-state index contributed by atoms with van der Waals surface area (Å²) in [5.74, 6) is -0.0669. The zero-order valence-corrected chi connectivity index (χ0v) is 7.22. The first kappa shape index (κ1) is 8.93. The average Bonchev–Trinajstić information content (AvgIpc) is 2.34. The van der Waals surface area contributed by atoms with E-state index < -0.39 is 0 Å². The lowest BCUT2D eigenvalue weighted by Gasteiger charge is -1.96. The van der Waals surface area contributed by atoms with E-state index in [1.54, 1.807) is 0 Å². The van der Waals surface area contributed by atoms with Gasteiger partial charge in [-0.3, -0.25) is 9.89 Å². The molecule has 0 atom stereocenters. The van der Waals surface area contributed by atoms with Crippen molar-refractivity contribution in [3.63, 3.8) is 0 Å². The molecule has 0 saturated carbocycles. The number of nitrogens with zero attached hydrogens (tertiary/aromatic N) is 1. The van der Waals surface area contributed by atoms with E-state index in [0.717, 1.165) is 11.3 Å². The molecule has 0 fully saturated rings. The number of aromatic nitrogens is 2. The SMILES string of the molecule is CC(=O)c1n[nH]c(C)c1CCO. The third-order valence-corrected chi connectivity index (χ3v) is 1.77. The first-order valence-electron chi connectivity index (χ1n) is 3.82. The molecule has 1 aromatic heterocycles. The smallest absolute Gasteiger partial charge is 0.180 e. The monoisotopic (exact) mass is 168 g/mol. The second-order valence-corrected chi connectivity index (χ2v) is 2.71. The quantitative estimate of drug-likeness (QED) is 0.644. The van der Waals surface area contributed by atoms with Crippen LogP contribution in [0, 0.1) is 6.92 Å². The summed E-state index contributed by atoms with van der Waals surface area (Å²) in [5.41, 5.74) is 2.13. The van der Waals surface area contributed by atoms with Gasteiger partial charge in [0.15, 0.2) is 5.78 Å². The zero-order valence-electron chi connectivity index (χ0n) is 7.22. The number of aliphatic hydroxyl groups excluding tert-OH is 1. The Hall–Kier alpha value is -1.16. The largest absolute Gasteiger partial charge is 0.396 e. The highest BCUT2D eigenvalue weighted by Crippen LogP contribution is 2.11. The Morgan fingerprint density at radius 2 is 2.33 bits per heavy atom. The highest BCUT2D eigenvalue weighted by atomic mass is 16.3. The lowest BCUT2D eigenvalue weighted by atomic mass is 10.1. The van der Waals surface area contributed by atoms with Crippen molar-refractivity contribution in [2.24, 2.45) is 0 Å². The third kappa shape index (κ3) is 1.53. The van der Waals surface area contributed by atoms with Crippen molar-refractivity contribution in [3.05, 3.63) is 17.0 Å². The van der Waals surface area contributed by atoms with Crippen LogP contribution in [-0.2, 0) is 6.42 Å². The van der Waals surface area contributed by atoms with Gasteiger partial charge in [-0.15, -0.1) is 0 Å². The highest BCUT2D eigenvalue weighted by molar-refractivity contribution is 5.93. The van der Waals surface area contributed by atoms with Crippen LogP contribution in [0.4, 0.5) is 0 Å². The number of aryl methyl sites for hydroxylation is 1. The molecule has 1 rings (SSSR count). The Bertz CT molecular complexity index is 291. The van der Waals surface area contributed by atoms with Crippen molar-refractivity contribution < 1.29 is 9.90 Å². The number of aromatic amines is 1. The van der Waals surface area contributed by atoms with Crippen LogP contribution < -0.4 is 0 Å². The first-order chi connectivity index (χ1) is 5.66. The van der Waals surface area contributed by atoms with Gasteiger partial charge >= 0.3 is 0 Å². The number of hydrogen-bond acceptors (Lipinski definition) is 3. The molecule has 1 heterocycles. The topological polar surface area (TPSA) is 66.0 Å². The molecule has 0 saturated heterocycles. The van der Waals surface area contributed by atoms with Crippen LogP contribution in [0.1, 0.15) is 28.7 Å². The summed E-state index contributed by atoms with van der Waals surface area (Å²) >= 11 is 0. The maximum atomic E-state index is 11.0. The van der Waals surface area contributed by atoms with E-state index >= 15 is 0 Å². The number of nitrogens with one attached hydrogen (secondary N) is 1. The van der Waals surface area contributed by atoms with Gasteiger partial charge in [-0.1, -0.05) is 0 Å². The number of carbonyl (C=O) groups is 1. The summed E-state index contributed by atoms with van der Waals surface area (Å²) in [7, 11) is 0. The molecule has 0 aliphatic rings. The van der Waals surface area contributed by atoms with Crippen molar-refractivity contribution in [2.45, 2.75) is 20.3 Å². The van der Waals surface area contributed by atoms with Gasteiger partial charge in [0.2, 0.25) is 0 Å². The van der Waals surface area contributed by atoms with E-state index in [1.165, 1.54) is 6.92 Å². The third-order valence-electron chi connectivity index (χ3n) is 1.77. The average molecular weight is 168 g/mol. The number of hydrogen-bond donors (Lipinski definition) is 2. The molecule has 0 aliphatic heterocycles. The van der Waals surface area contributed by atoms with Crippen LogP contribution >= 0.6 is 0 Å². The Labute approximate surface area is 70.6 Å². The number of aliphatic hydroxyl groups is 1. The standard InChI is InChI=1S/C8H12N2O2/c1-5-7(3-4-11)8(6(2)12)10-9-5/h11H,3-4H2,1-2H3,(H,9,10). The predicted octanol–water partition coefficient (Wildman–Crippen LogP) is 0.456. The predicted molar refractivity (Wildman–Crippen MR) is 44.1 cm³/mol. The molecule has 0 radical (unpaired) electrons. The molecule has 12 heavy (non-hydrogen) atoms. The summed E-state index contributed by atoms with van der Waals surface area (Å²) in [5, 5.41) is 15.3. The number of rotatable bonds is 3. The van der Waals surface area contributed by atoms with E-state index in [2.05, 4.69) is 10.2 Å². The summed E-state index contributed by atoms with van der Waals surface area (Å²) in [6, 6.07) is 0. The molecule has 0 aromatic carbocycles.